The number of ether oxygens (including phenoxy) is 2. The minimum absolute atomic E-state index is 0.278. The highest BCUT2D eigenvalue weighted by molar-refractivity contribution is 5.75. The minimum atomic E-state index is -4.74. The number of alkyl halides is 3. The standard InChI is InChI=1S/C13H10F3NO2/c1-18-12-8-17-7-6-10(12)9-4-2-3-5-11(9)19-13(14,15)16/h2-8H,1H3. The largest absolute Gasteiger partial charge is 0.573 e. The average molecular weight is 269 g/mol. The van der Waals surface area contributed by atoms with Gasteiger partial charge in [-0.15, -0.1) is 13.2 Å². The zero-order valence-electron chi connectivity index (χ0n) is 9.94. The van der Waals surface area contributed by atoms with Crippen molar-refractivity contribution in [2.24, 2.45) is 0 Å². The first-order valence-electron chi connectivity index (χ1n) is 5.34. The van der Waals surface area contributed by atoms with Crippen LogP contribution in [0.5, 0.6) is 11.5 Å². The molecule has 6 heteroatoms. The van der Waals surface area contributed by atoms with Crippen LogP contribution in [0, 0.1) is 0 Å². The van der Waals surface area contributed by atoms with Crippen LogP contribution in [0.3, 0.4) is 0 Å². The summed E-state index contributed by atoms with van der Waals surface area (Å²) in [5.74, 6) is 0.0974. The predicted molar refractivity (Wildman–Crippen MR) is 62.9 cm³/mol. The van der Waals surface area contributed by atoms with Crippen molar-refractivity contribution < 1.29 is 22.6 Å². The van der Waals surface area contributed by atoms with E-state index in [-0.39, 0.29) is 5.75 Å². The molecule has 0 spiro atoms. The van der Waals surface area contributed by atoms with Gasteiger partial charge in [-0.05, 0) is 12.1 Å². The molecule has 0 unspecified atom stereocenters. The Balaban J connectivity index is 2.50. The van der Waals surface area contributed by atoms with Crippen LogP contribution in [-0.2, 0) is 0 Å². The Labute approximate surface area is 107 Å². The van der Waals surface area contributed by atoms with Crippen LogP contribution in [0.2, 0.25) is 0 Å². The minimum Gasteiger partial charge on any atom is -0.494 e. The van der Waals surface area contributed by atoms with Crippen LogP contribution in [0.4, 0.5) is 13.2 Å². The van der Waals surface area contributed by atoms with Gasteiger partial charge in [0.1, 0.15) is 11.5 Å². The van der Waals surface area contributed by atoms with Gasteiger partial charge in [0.25, 0.3) is 0 Å². The van der Waals surface area contributed by atoms with Crippen molar-refractivity contribution in [2.75, 3.05) is 7.11 Å². The van der Waals surface area contributed by atoms with E-state index in [0.29, 0.717) is 16.9 Å². The summed E-state index contributed by atoms with van der Waals surface area (Å²) in [6.07, 6.45) is -1.84. The molecule has 0 fully saturated rings. The maximum Gasteiger partial charge on any atom is 0.573 e. The summed E-state index contributed by atoms with van der Waals surface area (Å²) in [7, 11) is 1.42. The lowest BCUT2D eigenvalue weighted by atomic mass is 10.1. The smallest absolute Gasteiger partial charge is 0.494 e. The molecule has 0 aliphatic heterocycles. The van der Waals surface area contributed by atoms with Crippen molar-refractivity contribution in [1.82, 2.24) is 4.98 Å². The van der Waals surface area contributed by atoms with Gasteiger partial charge >= 0.3 is 6.36 Å². The SMILES string of the molecule is COc1cnccc1-c1ccccc1OC(F)(F)F. The number of nitrogens with zero attached hydrogens (tertiary/aromatic N) is 1. The third-order valence-corrected chi connectivity index (χ3v) is 2.41. The van der Waals surface area contributed by atoms with Gasteiger partial charge in [-0.2, -0.15) is 0 Å². The Kier molecular flexibility index (Phi) is 3.59. The predicted octanol–water partition coefficient (Wildman–Crippen LogP) is 3.66. The quantitative estimate of drug-likeness (QED) is 0.852. The van der Waals surface area contributed by atoms with Crippen LogP contribution < -0.4 is 9.47 Å². The van der Waals surface area contributed by atoms with Gasteiger partial charge in [-0.1, -0.05) is 18.2 Å². The number of methoxy groups -OCH3 is 1. The lowest BCUT2D eigenvalue weighted by Crippen LogP contribution is -2.17. The van der Waals surface area contributed by atoms with Gasteiger partial charge in [0, 0.05) is 17.3 Å². The van der Waals surface area contributed by atoms with Gasteiger partial charge in [-0.25, -0.2) is 0 Å². The Morgan fingerprint density at radius 1 is 1.00 bits per heavy atom. The molecule has 0 aliphatic carbocycles. The fourth-order valence-corrected chi connectivity index (χ4v) is 1.67. The second-order valence-corrected chi connectivity index (χ2v) is 3.62. The van der Waals surface area contributed by atoms with E-state index < -0.39 is 6.36 Å². The summed E-state index contributed by atoms with van der Waals surface area (Å²) in [6.45, 7) is 0. The molecule has 0 saturated carbocycles. The number of pyridine rings is 1. The van der Waals surface area contributed by atoms with Crippen molar-refractivity contribution in [3.8, 4) is 22.6 Å². The molecule has 0 radical (unpaired) electrons. The topological polar surface area (TPSA) is 31.4 Å². The number of rotatable bonds is 3. The van der Waals surface area contributed by atoms with Crippen molar-refractivity contribution in [3.05, 3.63) is 42.7 Å². The van der Waals surface area contributed by atoms with Crippen LogP contribution >= 0.6 is 0 Å². The molecule has 1 aromatic heterocycles. The van der Waals surface area contributed by atoms with E-state index in [4.69, 9.17) is 4.74 Å². The number of hydrogen-bond donors (Lipinski definition) is 0. The number of para-hydroxylation sites is 1. The first-order valence-corrected chi connectivity index (χ1v) is 5.34. The second-order valence-electron chi connectivity index (χ2n) is 3.62. The van der Waals surface area contributed by atoms with Crippen molar-refractivity contribution in [3.63, 3.8) is 0 Å². The summed E-state index contributed by atoms with van der Waals surface area (Å²) in [4.78, 5) is 3.86. The average Bonchev–Trinajstić information content (AvgIpc) is 2.37. The molecule has 100 valence electrons. The maximum atomic E-state index is 12.4. The third-order valence-electron chi connectivity index (χ3n) is 2.41. The van der Waals surface area contributed by atoms with E-state index in [9.17, 15) is 13.2 Å². The molecule has 0 aliphatic rings. The van der Waals surface area contributed by atoms with E-state index in [1.165, 1.54) is 37.7 Å². The molecule has 2 aromatic rings. The molecule has 0 atom stereocenters. The molecule has 0 N–H and O–H groups in total. The van der Waals surface area contributed by atoms with E-state index in [2.05, 4.69) is 9.72 Å². The third kappa shape index (κ3) is 3.15. The first kappa shape index (κ1) is 13.2. The molecule has 3 nitrogen and oxygen atoms in total. The summed E-state index contributed by atoms with van der Waals surface area (Å²) in [5.41, 5.74) is 0.774. The first-order chi connectivity index (χ1) is 9.01. The van der Waals surface area contributed by atoms with Crippen molar-refractivity contribution in [2.45, 2.75) is 6.36 Å². The summed E-state index contributed by atoms with van der Waals surface area (Å²) in [5, 5.41) is 0. The fourth-order valence-electron chi connectivity index (χ4n) is 1.67. The number of hydrogen-bond acceptors (Lipinski definition) is 3. The van der Waals surface area contributed by atoms with Crippen molar-refractivity contribution in [1.29, 1.82) is 0 Å². The van der Waals surface area contributed by atoms with E-state index in [1.807, 2.05) is 0 Å². The second kappa shape index (κ2) is 5.17. The molecule has 0 saturated heterocycles. The van der Waals surface area contributed by atoms with E-state index >= 15 is 0 Å². The molecule has 0 amide bonds. The Bertz CT molecular complexity index is 570. The zero-order valence-corrected chi connectivity index (χ0v) is 9.94. The number of halogens is 3. The summed E-state index contributed by atoms with van der Waals surface area (Å²) >= 11 is 0. The van der Waals surface area contributed by atoms with Gasteiger partial charge in [0.15, 0.2) is 0 Å². The van der Waals surface area contributed by atoms with Crippen molar-refractivity contribution >= 4 is 0 Å². The maximum absolute atomic E-state index is 12.4. The van der Waals surface area contributed by atoms with E-state index in [1.54, 1.807) is 12.1 Å². The number of aromatic nitrogens is 1. The van der Waals surface area contributed by atoms with Gasteiger partial charge in [0.2, 0.25) is 0 Å². The fraction of sp³-hybridized carbons (Fsp3) is 0.154. The highest BCUT2D eigenvalue weighted by Crippen LogP contribution is 2.37. The number of benzene rings is 1. The Hall–Kier alpha value is -2.24. The van der Waals surface area contributed by atoms with Gasteiger partial charge < -0.3 is 9.47 Å². The molecule has 2 rings (SSSR count). The summed E-state index contributed by atoms with van der Waals surface area (Å²) < 4.78 is 46.2. The van der Waals surface area contributed by atoms with Gasteiger partial charge in [0.05, 0.1) is 13.3 Å². The highest BCUT2D eigenvalue weighted by atomic mass is 19.4. The van der Waals surface area contributed by atoms with Crippen LogP contribution in [0.25, 0.3) is 11.1 Å². The molecular formula is C13H10F3NO2. The molecular weight excluding hydrogens is 259 g/mol. The normalized spacial score (nSPS) is 11.2. The Morgan fingerprint density at radius 3 is 2.37 bits per heavy atom. The Morgan fingerprint density at radius 2 is 1.68 bits per heavy atom. The lowest BCUT2D eigenvalue weighted by molar-refractivity contribution is -0.274. The van der Waals surface area contributed by atoms with Crippen LogP contribution in [0.15, 0.2) is 42.7 Å². The molecule has 0 bridgehead atoms. The monoisotopic (exact) mass is 269 g/mol. The van der Waals surface area contributed by atoms with Gasteiger partial charge in [-0.3, -0.25) is 4.98 Å². The van der Waals surface area contributed by atoms with Crippen LogP contribution in [0.1, 0.15) is 0 Å². The summed E-state index contributed by atoms with van der Waals surface area (Å²) in [6, 6.07) is 7.44. The van der Waals surface area contributed by atoms with E-state index in [0.717, 1.165) is 0 Å². The molecule has 1 heterocycles. The lowest BCUT2D eigenvalue weighted by Gasteiger charge is -2.14. The molecule has 1 aromatic carbocycles. The zero-order chi connectivity index (χ0) is 13.9. The molecule has 19 heavy (non-hydrogen) atoms. The van der Waals surface area contributed by atoms with Crippen LogP contribution in [-0.4, -0.2) is 18.5 Å². The highest BCUT2D eigenvalue weighted by Gasteiger charge is 2.32.